The third kappa shape index (κ3) is 4.45. The molecule has 1 aromatic carbocycles. The van der Waals surface area contributed by atoms with Crippen LogP contribution in [0, 0.1) is 0 Å². The first-order chi connectivity index (χ1) is 9.66. The van der Waals surface area contributed by atoms with E-state index in [0.29, 0.717) is 0 Å². The van der Waals surface area contributed by atoms with E-state index in [1.807, 2.05) is 0 Å². The van der Waals surface area contributed by atoms with E-state index >= 15 is 0 Å². The number of aliphatic hydroxyl groups excluding tert-OH is 1. The van der Waals surface area contributed by atoms with E-state index in [2.05, 4.69) is 4.74 Å². The predicted molar refractivity (Wildman–Crippen MR) is 66.8 cm³/mol. The highest BCUT2D eigenvalue weighted by Gasteiger charge is 2.39. The molecular weight excluding hydrogens is 291 g/mol. The van der Waals surface area contributed by atoms with Gasteiger partial charge in [0.05, 0.1) is 19.2 Å². The van der Waals surface area contributed by atoms with Crippen molar-refractivity contribution in [2.24, 2.45) is 0 Å². The molecule has 8 heteroatoms. The molecule has 0 bridgehead atoms. The summed E-state index contributed by atoms with van der Waals surface area (Å²) < 4.78 is 41.2. The molecule has 0 saturated heterocycles. The lowest BCUT2D eigenvalue weighted by Gasteiger charge is -2.22. The maximum absolute atomic E-state index is 12.2. The first-order valence-corrected chi connectivity index (χ1v) is 5.85. The number of rotatable bonds is 4. The standard InChI is InChI=1S/C13H14F3NO4/c1-17(7-10(18)13(14,15)16)11(19)8-4-3-5-9(6-8)12(20)21-2/h3-6,10,18H,7H2,1-2H3. The number of benzene rings is 1. The largest absolute Gasteiger partial charge is 0.465 e. The summed E-state index contributed by atoms with van der Waals surface area (Å²) in [5, 5.41) is 8.94. The minimum Gasteiger partial charge on any atom is -0.465 e. The first-order valence-electron chi connectivity index (χ1n) is 5.85. The summed E-state index contributed by atoms with van der Waals surface area (Å²) in [5.74, 6) is -1.41. The number of likely N-dealkylation sites (N-methyl/N-ethyl adjacent to an activating group) is 1. The van der Waals surface area contributed by atoms with Gasteiger partial charge in [0.15, 0.2) is 6.10 Å². The zero-order valence-corrected chi connectivity index (χ0v) is 11.3. The number of alkyl halides is 3. The normalized spacial score (nSPS) is 12.7. The maximum atomic E-state index is 12.2. The van der Waals surface area contributed by atoms with Crippen LogP contribution < -0.4 is 0 Å². The average molecular weight is 305 g/mol. The van der Waals surface area contributed by atoms with Crippen LogP contribution in [-0.4, -0.2) is 54.9 Å². The van der Waals surface area contributed by atoms with Crippen LogP contribution in [0.25, 0.3) is 0 Å². The molecule has 0 aliphatic carbocycles. The van der Waals surface area contributed by atoms with Gasteiger partial charge in [-0.05, 0) is 18.2 Å². The number of esters is 1. The van der Waals surface area contributed by atoms with Gasteiger partial charge in [-0.1, -0.05) is 6.07 Å². The summed E-state index contributed by atoms with van der Waals surface area (Å²) >= 11 is 0. The molecule has 0 heterocycles. The molecule has 0 radical (unpaired) electrons. The van der Waals surface area contributed by atoms with E-state index in [-0.39, 0.29) is 11.1 Å². The van der Waals surface area contributed by atoms with Crippen molar-refractivity contribution in [3.63, 3.8) is 0 Å². The lowest BCUT2D eigenvalue weighted by atomic mass is 10.1. The van der Waals surface area contributed by atoms with E-state index in [4.69, 9.17) is 5.11 Å². The van der Waals surface area contributed by atoms with Crippen molar-refractivity contribution in [3.05, 3.63) is 35.4 Å². The fourth-order valence-electron chi connectivity index (χ4n) is 1.56. The maximum Gasteiger partial charge on any atom is 0.416 e. The van der Waals surface area contributed by atoms with Crippen molar-refractivity contribution in [3.8, 4) is 0 Å². The topological polar surface area (TPSA) is 66.8 Å². The van der Waals surface area contributed by atoms with Gasteiger partial charge in [0.2, 0.25) is 0 Å². The van der Waals surface area contributed by atoms with Crippen LogP contribution in [-0.2, 0) is 4.74 Å². The number of aliphatic hydroxyl groups is 1. The summed E-state index contributed by atoms with van der Waals surface area (Å²) in [6.45, 7) is -0.898. The Hall–Kier alpha value is -2.09. The second-order valence-electron chi connectivity index (χ2n) is 4.32. The van der Waals surface area contributed by atoms with Gasteiger partial charge < -0.3 is 14.7 Å². The van der Waals surface area contributed by atoms with E-state index in [0.717, 1.165) is 11.9 Å². The van der Waals surface area contributed by atoms with Gasteiger partial charge in [-0.15, -0.1) is 0 Å². The Morgan fingerprint density at radius 2 is 1.90 bits per heavy atom. The molecule has 5 nitrogen and oxygen atoms in total. The number of amides is 1. The Morgan fingerprint density at radius 3 is 2.43 bits per heavy atom. The molecule has 21 heavy (non-hydrogen) atoms. The van der Waals surface area contributed by atoms with Gasteiger partial charge in [-0.2, -0.15) is 13.2 Å². The van der Waals surface area contributed by atoms with Crippen molar-refractivity contribution < 1.29 is 32.6 Å². The van der Waals surface area contributed by atoms with E-state index in [1.54, 1.807) is 0 Å². The SMILES string of the molecule is COC(=O)c1cccc(C(=O)N(C)CC(O)C(F)(F)F)c1. The molecule has 1 N–H and O–H groups in total. The number of hydrogen-bond acceptors (Lipinski definition) is 4. The molecule has 1 atom stereocenters. The lowest BCUT2D eigenvalue weighted by Crippen LogP contribution is -2.41. The van der Waals surface area contributed by atoms with Crippen LogP contribution in [0.3, 0.4) is 0 Å². The summed E-state index contributed by atoms with van der Waals surface area (Å²) in [7, 11) is 2.30. The Morgan fingerprint density at radius 1 is 1.33 bits per heavy atom. The summed E-state index contributed by atoms with van der Waals surface area (Å²) in [4.78, 5) is 24.0. The minimum atomic E-state index is -4.80. The van der Waals surface area contributed by atoms with Crippen molar-refractivity contribution in [2.45, 2.75) is 12.3 Å². The van der Waals surface area contributed by atoms with E-state index < -0.39 is 30.7 Å². The number of ether oxygens (including phenoxy) is 1. The van der Waals surface area contributed by atoms with Crippen LogP contribution >= 0.6 is 0 Å². The third-order valence-corrected chi connectivity index (χ3v) is 2.70. The highest BCUT2D eigenvalue weighted by atomic mass is 19.4. The van der Waals surface area contributed by atoms with Crippen molar-refractivity contribution in [1.82, 2.24) is 4.90 Å². The first kappa shape index (κ1) is 17.0. The Balaban J connectivity index is 2.86. The zero-order valence-electron chi connectivity index (χ0n) is 11.3. The number of carbonyl (C=O) groups is 2. The fraction of sp³-hybridized carbons (Fsp3) is 0.385. The molecule has 116 valence electrons. The second-order valence-corrected chi connectivity index (χ2v) is 4.32. The van der Waals surface area contributed by atoms with Gasteiger partial charge in [0, 0.05) is 12.6 Å². The molecule has 1 rings (SSSR count). The smallest absolute Gasteiger partial charge is 0.416 e. The summed E-state index contributed by atoms with van der Waals surface area (Å²) in [6.07, 6.45) is -7.43. The molecule has 1 amide bonds. The van der Waals surface area contributed by atoms with Crippen LogP contribution in [0.15, 0.2) is 24.3 Å². The summed E-state index contributed by atoms with van der Waals surface area (Å²) in [5.41, 5.74) is 0.128. The predicted octanol–water partition coefficient (Wildman–Crippen LogP) is 1.47. The quantitative estimate of drug-likeness (QED) is 0.855. The zero-order chi connectivity index (χ0) is 16.2. The molecule has 0 spiro atoms. The third-order valence-electron chi connectivity index (χ3n) is 2.70. The minimum absolute atomic E-state index is 0.0229. The molecule has 0 fully saturated rings. The highest BCUT2D eigenvalue weighted by molar-refractivity contribution is 5.97. The van der Waals surface area contributed by atoms with Crippen molar-refractivity contribution >= 4 is 11.9 Å². The molecule has 0 aliphatic rings. The number of halogens is 3. The van der Waals surface area contributed by atoms with Crippen LogP contribution in [0.2, 0.25) is 0 Å². The lowest BCUT2D eigenvalue weighted by molar-refractivity contribution is -0.205. The fourth-order valence-corrected chi connectivity index (χ4v) is 1.56. The number of hydrogen-bond donors (Lipinski definition) is 1. The van der Waals surface area contributed by atoms with Gasteiger partial charge in [0.1, 0.15) is 0 Å². The van der Waals surface area contributed by atoms with Gasteiger partial charge in [-0.25, -0.2) is 4.79 Å². The van der Waals surface area contributed by atoms with Crippen LogP contribution in [0.1, 0.15) is 20.7 Å². The van der Waals surface area contributed by atoms with Crippen molar-refractivity contribution in [1.29, 1.82) is 0 Å². The van der Waals surface area contributed by atoms with Gasteiger partial charge >= 0.3 is 12.1 Å². The Kier molecular flexibility index (Phi) is 5.31. The van der Waals surface area contributed by atoms with Gasteiger partial charge in [0.25, 0.3) is 5.91 Å². The number of nitrogens with zero attached hydrogens (tertiary/aromatic N) is 1. The monoisotopic (exact) mass is 305 g/mol. The molecule has 1 unspecified atom stereocenters. The molecule has 0 saturated carbocycles. The molecule has 0 aliphatic heterocycles. The van der Waals surface area contributed by atoms with Gasteiger partial charge in [-0.3, -0.25) is 4.79 Å². The number of methoxy groups -OCH3 is 1. The van der Waals surface area contributed by atoms with E-state index in [1.165, 1.54) is 31.4 Å². The molecular formula is C13H14F3NO4. The van der Waals surface area contributed by atoms with Crippen LogP contribution in [0.5, 0.6) is 0 Å². The Labute approximate surface area is 118 Å². The molecule has 0 aromatic heterocycles. The Bertz CT molecular complexity index is 530. The van der Waals surface area contributed by atoms with E-state index in [9.17, 15) is 22.8 Å². The molecule has 1 aromatic rings. The highest BCUT2D eigenvalue weighted by Crippen LogP contribution is 2.21. The average Bonchev–Trinajstić information content (AvgIpc) is 2.44. The summed E-state index contributed by atoms with van der Waals surface area (Å²) in [6, 6.07) is 5.39. The number of carbonyl (C=O) groups excluding carboxylic acids is 2. The van der Waals surface area contributed by atoms with Crippen LogP contribution in [0.4, 0.5) is 13.2 Å². The van der Waals surface area contributed by atoms with Crippen molar-refractivity contribution in [2.75, 3.05) is 20.7 Å². The second kappa shape index (κ2) is 6.57.